The minimum atomic E-state index is -0.421. The third-order valence-corrected chi connectivity index (χ3v) is 1.91. The first kappa shape index (κ1) is 8.55. The van der Waals surface area contributed by atoms with Gasteiger partial charge in [0, 0.05) is 6.20 Å². The molecule has 2 aromatic heterocycles. The van der Waals surface area contributed by atoms with Crippen LogP contribution in [0.4, 0.5) is 0 Å². The van der Waals surface area contributed by atoms with Gasteiger partial charge >= 0.3 is 5.97 Å². The number of fused-ring (bicyclic) bond motifs is 1. The van der Waals surface area contributed by atoms with E-state index < -0.39 is 5.97 Å². The molecule has 1 N–H and O–H groups in total. The largest absolute Gasteiger partial charge is 0.493 e. The first-order valence-electron chi connectivity index (χ1n) is 3.97. The van der Waals surface area contributed by atoms with E-state index in [1.807, 2.05) is 0 Å². The molecule has 72 valence electrons. The maximum atomic E-state index is 11.1. The third kappa shape index (κ3) is 1.19. The average molecular weight is 192 g/mol. The van der Waals surface area contributed by atoms with E-state index in [0.29, 0.717) is 11.2 Å². The summed E-state index contributed by atoms with van der Waals surface area (Å²) in [6.45, 7) is 0. The Morgan fingerprint density at radius 3 is 3.14 bits per heavy atom. The maximum absolute atomic E-state index is 11.1. The van der Waals surface area contributed by atoms with Crippen molar-refractivity contribution >= 4 is 11.6 Å². The number of nitrogens with zero attached hydrogens (tertiary/aromatic N) is 2. The summed E-state index contributed by atoms with van der Waals surface area (Å²) in [4.78, 5) is 15.0. The van der Waals surface area contributed by atoms with Crippen LogP contribution in [0.15, 0.2) is 24.5 Å². The first-order valence-corrected chi connectivity index (χ1v) is 3.97. The van der Waals surface area contributed by atoms with Crippen LogP contribution < -0.4 is 0 Å². The van der Waals surface area contributed by atoms with E-state index in [9.17, 15) is 9.90 Å². The highest BCUT2D eigenvalue weighted by Crippen LogP contribution is 2.13. The number of ether oxygens (including phenoxy) is 1. The maximum Gasteiger partial charge on any atom is 0.338 e. The van der Waals surface area contributed by atoms with Crippen LogP contribution in [0, 0.1) is 0 Å². The van der Waals surface area contributed by atoms with Crippen LogP contribution in [0.2, 0.25) is 0 Å². The summed E-state index contributed by atoms with van der Waals surface area (Å²) in [6, 6.07) is 3.10. The number of hydrogen-bond donors (Lipinski definition) is 1. The number of imidazole rings is 1. The lowest BCUT2D eigenvalue weighted by molar-refractivity contribution is 0.0600. The van der Waals surface area contributed by atoms with Crippen molar-refractivity contribution in [3.05, 3.63) is 30.1 Å². The number of carbonyl (C=O) groups excluding carboxylic acids is 1. The summed E-state index contributed by atoms with van der Waals surface area (Å²) in [6.07, 6.45) is 2.88. The number of carbonyl (C=O) groups is 1. The van der Waals surface area contributed by atoms with Gasteiger partial charge in [0.2, 0.25) is 5.88 Å². The van der Waals surface area contributed by atoms with Crippen LogP contribution in [0.5, 0.6) is 5.88 Å². The van der Waals surface area contributed by atoms with Crippen LogP contribution in [-0.2, 0) is 4.74 Å². The van der Waals surface area contributed by atoms with Gasteiger partial charge in [-0.15, -0.1) is 0 Å². The fourth-order valence-corrected chi connectivity index (χ4v) is 1.21. The molecule has 14 heavy (non-hydrogen) atoms. The molecule has 5 heteroatoms. The Bertz CT molecular complexity index is 490. The molecule has 0 bridgehead atoms. The molecule has 0 saturated carbocycles. The van der Waals surface area contributed by atoms with Gasteiger partial charge in [0.15, 0.2) is 0 Å². The minimum Gasteiger partial charge on any atom is -0.493 e. The molecule has 0 fully saturated rings. The van der Waals surface area contributed by atoms with Crippen LogP contribution >= 0.6 is 0 Å². The highest BCUT2D eigenvalue weighted by atomic mass is 16.5. The number of rotatable bonds is 1. The highest BCUT2D eigenvalue weighted by Gasteiger charge is 2.07. The van der Waals surface area contributed by atoms with Crippen molar-refractivity contribution in [2.75, 3.05) is 7.11 Å². The Labute approximate surface area is 79.6 Å². The van der Waals surface area contributed by atoms with Gasteiger partial charge in [-0.2, -0.15) is 0 Å². The summed E-state index contributed by atoms with van der Waals surface area (Å²) < 4.78 is 6.02. The fourth-order valence-electron chi connectivity index (χ4n) is 1.21. The summed E-state index contributed by atoms with van der Waals surface area (Å²) in [7, 11) is 1.32. The van der Waals surface area contributed by atoms with Crippen molar-refractivity contribution in [1.82, 2.24) is 9.38 Å². The second kappa shape index (κ2) is 3.02. The Morgan fingerprint density at radius 1 is 1.64 bits per heavy atom. The topological polar surface area (TPSA) is 63.8 Å². The summed E-state index contributed by atoms with van der Waals surface area (Å²) in [5.74, 6) is -0.383. The monoisotopic (exact) mass is 192 g/mol. The Hall–Kier alpha value is -2.04. The lowest BCUT2D eigenvalue weighted by Gasteiger charge is -1.99. The number of pyridine rings is 1. The van der Waals surface area contributed by atoms with Gasteiger partial charge in [-0.3, -0.25) is 4.40 Å². The third-order valence-electron chi connectivity index (χ3n) is 1.91. The number of aromatic nitrogens is 2. The van der Waals surface area contributed by atoms with Crippen LogP contribution in [0.3, 0.4) is 0 Å². The van der Waals surface area contributed by atoms with Crippen molar-refractivity contribution in [2.24, 2.45) is 0 Å². The van der Waals surface area contributed by atoms with Crippen LogP contribution in [0.25, 0.3) is 5.65 Å². The molecule has 0 aliphatic rings. The van der Waals surface area contributed by atoms with Gasteiger partial charge in [0.1, 0.15) is 5.65 Å². The Kier molecular flexibility index (Phi) is 1.85. The molecule has 0 amide bonds. The molecule has 2 aromatic rings. The average Bonchev–Trinajstić information content (AvgIpc) is 2.59. The smallest absolute Gasteiger partial charge is 0.338 e. The van der Waals surface area contributed by atoms with Crippen molar-refractivity contribution in [2.45, 2.75) is 0 Å². The molecule has 0 unspecified atom stereocenters. The molecular formula is C9H8N2O3. The second-order valence-electron chi connectivity index (χ2n) is 2.75. The molecule has 2 heterocycles. The van der Waals surface area contributed by atoms with E-state index >= 15 is 0 Å². The molecule has 2 rings (SSSR count). The molecule has 0 radical (unpaired) electrons. The van der Waals surface area contributed by atoms with E-state index in [4.69, 9.17) is 0 Å². The second-order valence-corrected chi connectivity index (χ2v) is 2.75. The summed E-state index contributed by atoms with van der Waals surface area (Å²) in [5, 5.41) is 9.28. The zero-order valence-electron chi connectivity index (χ0n) is 7.47. The summed E-state index contributed by atoms with van der Waals surface area (Å²) in [5.41, 5.74) is 0.913. The zero-order chi connectivity index (χ0) is 10.1. The number of esters is 1. The Morgan fingerprint density at radius 2 is 2.43 bits per heavy atom. The van der Waals surface area contributed by atoms with Crippen LogP contribution in [-0.4, -0.2) is 27.6 Å². The van der Waals surface area contributed by atoms with Gasteiger partial charge in [-0.1, -0.05) is 0 Å². The molecule has 0 saturated heterocycles. The standard InChI is InChI=1S/C9H8N2O3/c1-14-9(13)6-2-3-11-7(4-6)10-5-8(11)12/h2-5,12H,1H3. The van der Waals surface area contributed by atoms with E-state index in [0.717, 1.165) is 0 Å². The van der Waals surface area contributed by atoms with Gasteiger partial charge in [-0.05, 0) is 12.1 Å². The van der Waals surface area contributed by atoms with Crippen LogP contribution in [0.1, 0.15) is 10.4 Å². The first-order chi connectivity index (χ1) is 6.72. The quantitative estimate of drug-likeness (QED) is 0.679. The predicted molar refractivity (Wildman–Crippen MR) is 48.2 cm³/mol. The van der Waals surface area contributed by atoms with Gasteiger partial charge < -0.3 is 9.84 Å². The number of methoxy groups -OCH3 is 1. The molecule has 0 aliphatic heterocycles. The summed E-state index contributed by atoms with van der Waals surface area (Å²) >= 11 is 0. The van der Waals surface area contributed by atoms with E-state index in [-0.39, 0.29) is 5.88 Å². The normalized spacial score (nSPS) is 10.4. The molecular weight excluding hydrogens is 184 g/mol. The zero-order valence-corrected chi connectivity index (χ0v) is 7.47. The van der Waals surface area contributed by atoms with Crippen molar-refractivity contribution in [3.63, 3.8) is 0 Å². The van der Waals surface area contributed by atoms with Gasteiger partial charge in [0.25, 0.3) is 0 Å². The van der Waals surface area contributed by atoms with E-state index in [2.05, 4.69) is 9.72 Å². The molecule has 5 nitrogen and oxygen atoms in total. The van der Waals surface area contributed by atoms with Gasteiger partial charge in [-0.25, -0.2) is 9.78 Å². The van der Waals surface area contributed by atoms with Crippen molar-refractivity contribution in [1.29, 1.82) is 0 Å². The molecule has 0 aliphatic carbocycles. The lowest BCUT2D eigenvalue weighted by atomic mass is 10.3. The Balaban J connectivity index is 2.57. The lowest BCUT2D eigenvalue weighted by Crippen LogP contribution is -2.01. The fraction of sp³-hybridized carbons (Fsp3) is 0.111. The SMILES string of the molecule is COC(=O)c1ccn2c(O)cnc2c1. The highest BCUT2D eigenvalue weighted by molar-refractivity contribution is 5.90. The molecule has 0 atom stereocenters. The predicted octanol–water partition coefficient (Wildman–Crippen LogP) is 0.826. The van der Waals surface area contributed by atoms with E-state index in [1.165, 1.54) is 17.7 Å². The molecule has 0 aromatic carbocycles. The minimum absolute atomic E-state index is 0.0383. The number of hydrogen-bond acceptors (Lipinski definition) is 4. The van der Waals surface area contributed by atoms with Crippen molar-refractivity contribution < 1.29 is 14.6 Å². The van der Waals surface area contributed by atoms with E-state index in [1.54, 1.807) is 18.3 Å². The van der Waals surface area contributed by atoms with Crippen molar-refractivity contribution in [3.8, 4) is 5.88 Å². The van der Waals surface area contributed by atoms with Gasteiger partial charge in [0.05, 0.1) is 18.9 Å². The molecule has 0 spiro atoms. The number of aromatic hydroxyl groups is 1.